The lowest BCUT2D eigenvalue weighted by atomic mass is 10.0. The van der Waals surface area contributed by atoms with Gasteiger partial charge in [0.15, 0.2) is 5.11 Å². The van der Waals surface area contributed by atoms with Crippen LogP contribution in [0.25, 0.3) is 10.8 Å². The molecule has 3 aromatic rings. The van der Waals surface area contributed by atoms with Crippen molar-refractivity contribution < 1.29 is 9.72 Å². The number of hydrogen-bond acceptors (Lipinski definition) is 5. The van der Waals surface area contributed by atoms with Crippen molar-refractivity contribution in [3.05, 3.63) is 82.4 Å². The van der Waals surface area contributed by atoms with Crippen molar-refractivity contribution in [3.63, 3.8) is 0 Å². The number of benzene rings is 3. The average Bonchev–Trinajstić information content (AvgIpc) is 2.78. The lowest BCUT2D eigenvalue weighted by molar-refractivity contribution is -0.384. The molecule has 7 nitrogen and oxygen atoms in total. The van der Waals surface area contributed by atoms with Crippen LogP contribution >= 0.6 is 12.2 Å². The van der Waals surface area contributed by atoms with Crippen LogP contribution in [0.1, 0.15) is 10.4 Å². The van der Waals surface area contributed by atoms with E-state index in [0.717, 1.165) is 16.5 Å². The van der Waals surface area contributed by atoms with Gasteiger partial charge in [-0.15, -0.1) is 0 Å². The first kappa shape index (κ1) is 19.8. The molecule has 3 aromatic carbocycles. The number of non-ortho nitro benzene ring substituents is 1. The molecule has 0 atom stereocenters. The fourth-order valence-electron chi connectivity index (χ4n) is 3.62. The summed E-state index contributed by atoms with van der Waals surface area (Å²) in [6.45, 7) is 2.74. The second kappa shape index (κ2) is 8.46. The minimum absolute atomic E-state index is 0.0784. The fourth-order valence-corrected chi connectivity index (χ4v) is 3.90. The first-order valence-electron chi connectivity index (χ1n) is 9.60. The lowest BCUT2D eigenvalue weighted by Gasteiger charge is -2.37. The molecule has 1 saturated heterocycles. The van der Waals surface area contributed by atoms with Crippen LogP contribution in [0, 0.1) is 10.1 Å². The topological polar surface area (TPSA) is 78.7 Å². The molecular weight excluding hydrogens is 400 g/mol. The molecule has 1 heterocycles. The molecule has 152 valence electrons. The Kier molecular flexibility index (Phi) is 5.58. The zero-order valence-corrected chi connectivity index (χ0v) is 17.0. The Morgan fingerprint density at radius 2 is 1.60 bits per heavy atom. The van der Waals surface area contributed by atoms with Gasteiger partial charge >= 0.3 is 0 Å². The molecule has 1 aliphatic rings. The summed E-state index contributed by atoms with van der Waals surface area (Å²) in [5.74, 6) is -0.213. The number of thiocarbonyl (C=S) groups is 1. The Morgan fingerprint density at radius 3 is 2.30 bits per heavy atom. The van der Waals surface area contributed by atoms with Crippen molar-refractivity contribution in [3.8, 4) is 0 Å². The third kappa shape index (κ3) is 4.08. The van der Waals surface area contributed by atoms with Gasteiger partial charge in [-0.3, -0.25) is 20.2 Å². The molecular formula is C22H20N4O3S. The largest absolute Gasteiger partial charge is 0.368 e. The van der Waals surface area contributed by atoms with Gasteiger partial charge in [0.2, 0.25) is 0 Å². The standard InChI is InChI=1S/C22H20N4O3S/c27-21(20-7-3-5-16-4-1-2-6-19(16)20)23-22(30)25-14-12-24(13-15-25)17-8-10-18(11-9-17)26(28)29/h1-11H,12-15H2,(H,23,27,30). The highest BCUT2D eigenvalue weighted by Crippen LogP contribution is 2.21. The van der Waals surface area contributed by atoms with E-state index in [4.69, 9.17) is 12.2 Å². The van der Waals surface area contributed by atoms with Crippen LogP contribution < -0.4 is 10.2 Å². The Hall–Kier alpha value is -3.52. The van der Waals surface area contributed by atoms with E-state index in [0.29, 0.717) is 36.9 Å². The highest BCUT2D eigenvalue weighted by atomic mass is 32.1. The number of piperazine rings is 1. The molecule has 1 fully saturated rings. The van der Waals surface area contributed by atoms with E-state index < -0.39 is 4.92 Å². The van der Waals surface area contributed by atoms with Crippen LogP contribution in [0.5, 0.6) is 0 Å². The summed E-state index contributed by atoms with van der Waals surface area (Å²) in [5, 5.41) is 16.0. The highest BCUT2D eigenvalue weighted by molar-refractivity contribution is 7.80. The van der Waals surface area contributed by atoms with E-state index in [1.54, 1.807) is 18.2 Å². The summed E-state index contributed by atoms with van der Waals surface area (Å²) >= 11 is 5.47. The van der Waals surface area contributed by atoms with Gasteiger partial charge in [0, 0.05) is 49.6 Å². The zero-order chi connectivity index (χ0) is 21.1. The maximum atomic E-state index is 12.8. The fraction of sp³-hybridized carbons (Fsp3) is 0.182. The first-order valence-corrected chi connectivity index (χ1v) is 10.0. The number of nitrogens with one attached hydrogen (secondary N) is 1. The van der Waals surface area contributed by atoms with Crippen molar-refractivity contribution >= 4 is 45.4 Å². The summed E-state index contributed by atoms with van der Waals surface area (Å²) in [6, 6.07) is 19.9. The predicted molar refractivity (Wildman–Crippen MR) is 121 cm³/mol. The molecule has 0 unspecified atom stereocenters. The SMILES string of the molecule is O=C(NC(=S)N1CCN(c2ccc([N+](=O)[O-])cc2)CC1)c1cccc2ccccc12. The second-order valence-electron chi connectivity index (χ2n) is 7.03. The van der Waals surface area contributed by atoms with Crippen LogP contribution in [0.3, 0.4) is 0 Å². The molecule has 0 bridgehead atoms. The smallest absolute Gasteiger partial charge is 0.269 e. The number of carbonyl (C=O) groups excluding carboxylic acids is 1. The highest BCUT2D eigenvalue weighted by Gasteiger charge is 2.21. The summed E-state index contributed by atoms with van der Waals surface area (Å²) in [6.07, 6.45) is 0. The third-order valence-corrected chi connectivity index (χ3v) is 5.61. The van der Waals surface area contributed by atoms with Crippen molar-refractivity contribution in [2.75, 3.05) is 31.1 Å². The van der Waals surface area contributed by atoms with Crippen molar-refractivity contribution in [2.45, 2.75) is 0 Å². The normalized spacial score (nSPS) is 13.9. The predicted octanol–water partition coefficient (Wildman–Crippen LogP) is 3.58. The number of nitro benzene ring substituents is 1. The number of fused-ring (bicyclic) bond motifs is 1. The first-order chi connectivity index (χ1) is 14.5. The number of carbonyl (C=O) groups is 1. The summed E-state index contributed by atoms with van der Waals surface area (Å²) in [7, 11) is 0. The number of hydrogen-bond donors (Lipinski definition) is 1. The van der Waals surface area contributed by atoms with E-state index in [1.807, 2.05) is 41.3 Å². The molecule has 0 spiro atoms. The Morgan fingerprint density at radius 1 is 0.933 bits per heavy atom. The van der Waals surface area contributed by atoms with Crippen molar-refractivity contribution in [1.29, 1.82) is 0 Å². The van der Waals surface area contributed by atoms with Gasteiger partial charge in [-0.1, -0.05) is 36.4 Å². The van der Waals surface area contributed by atoms with Gasteiger partial charge in [0.25, 0.3) is 11.6 Å². The van der Waals surface area contributed by atoms with Crippen LogP contribution in [-0.2, 0) is 0 Å². The quantitative estimate of drug-likeness (QED) is 0.396. The molecule has 0 aromatic heterocycles. The third-order valence-electron chi connectivity index (χ3n) is 5.25. The van der Waals surface area contributed by atoms with E-state index in [1.165, 1.54) is 12.1 Å². The maximum Gasteiger partial charge on any atom is 0.269 e. The van der Waals surface area contributed by atoms with Crippen molar-refractivity contribution in [1.82, 2.24) is 10.2 Å². The van der Waals surface area contributed by atoms with E-state index in [2.05, 4.69) is 10.2 Å². The number of anilines is 1. The number of nitro groups is 1. The molecule has 1 aliphatic heterocycles. The molecule has 4 rings (SSSR count). The number of nitrogens with zero attached hydrogens (tertiary/aromatic N) is 3. The van der Waals surface area contributed by atoms with Crippen LogP contribution in [0.15, 0.2) is 66.7 Å². The molecule has 8 heteroatoms. The van der Waals surface area contributed by atoms with Gasteiger partial charge in [0.1, 0.15) is 0 Å². The second-order valence-corrected chi connectivity index (χ2v) is 7.42. The zero-order valence-electron chi connectivity index (χ0n) is 16.2. The van der Waals surface area contributed by atoms with Gasteiger partial charge in [0.05, 0.1) is 4.92 Å². The Bertz CT molecular complexity index is 1100. The maximum absolute atomic E-state index is 12.8. The molecule has 30 heavy (non-hydrogen) atoms. The Labute approximate surface area is 179 Å². The van der Waals surface area contributed by atoms with Crippen molar-refractivity contribution in [2.24, 2.45) is 0 Å². The summed E-state index contributed by atoms with van der Waals surface area (Å²) in [4.78, 5) is 27.3. The van der Waals surface area contributed by atoms with E-state index in [-0.39, 0.29) is 11.6 Å². The monoisotopic (exact) mass is 420 g/mol. The number of amides is 1. The molecule has 0 saturated carbocycles. The molecule has 1 amide bonds. The van der Waals surface area contributed by atoms with Crippen LogP contribution in [0.4, 0.5) is 11.4 Å². The molecule has 1 N–H and O–H groups in total. The summed E-state index contributed by atoms with van der Waals surface area (Å²) < 4.78 is 0. The molecule has 0 radical (unpaired) electrons. The van der Waals surface area contributed by atoms with Gasteiger partial charge in [-0.2, -0.15) is 0 Å². The van der Waals surface area contributed by atoms with E-state index in [9.17, 15) is 14.9 Å². The molecule has 0 aliphatic carbocycles. The minimum Gasteiger partial charge on any atom is -0.368 e. The minimum atomic E-state index is -0.404. The average molecular weight is 420 g/mol. The van der Waals surface area contributed by atoms with E-state index >= 15 is 0 Å². The van der Waals surface area contributed by atoms with Gasteiger partial charge in [-0.25, -0.2) is 0 Å². The van der Waals surface area contributed by atoms with Crippen LogP contribution in [0.2, 0.25) is 0 Å². The summed E-state index contributed by atoms with van der Waals surface area (Å²) in [5.41, 5.74) is 1.61. The van der Waals surface area contributed by atoms with Crippen LogP contribution in [-0.4, -0.2) is 47.0 Å². The lowest BCUT2D eigenvalue weighted by Crippen LogP contribution is -2.52. The number of rotatable bonds is 3. The van der Waals surface area contributed by atoms with Gasteiger partial charge in [-0.05, 0) is 41.2 Å². The van der Waals surface area contributed by atoms with Gasteiger partial charge < -0.3 is 9.80 Å². The Balaban J connectivity index is 1.37.